The van der Waals surface area contributed by atoms with Crippen LogP contribution in [0, 0.1) is 0 Å². The van der Waals surface area contributed by atoms with E-state index in [1.807, 2.05) is 79.8 Å². The van der Waals surface area contributed by atoms with Gasteiger partial charge in [0.15, 0.2) is 0 Å². The van der Waals surface area contributed by atoms with E-state index in [0.29, 0.717) is 6.54 Å². The first-order valence-electron chi connectivity index (χ1n) is 7.98. The summed E-state index contributed by atoms with van der Waals surface area (Å²) in [5.41, 5.74) is 1.83. The van der Waals surface area contributed by atoms with Crippen LogP contribution in [0.5, 0.6) is 0 Å². The van der Waals surface area contributed by atoms with Crippen LogP contribution in [-0.2, 0) is 4.79 Å². The van der Waals surface area contributed by atoms with E-state index in [1.165, 1.54) is 0 Å². The minimum atomic E-state index is -0.214. The van der Waals surface area contributed by atoms with Gasteiger partial charge < -0.3 is 10.2 Å². The van der Waals surface area contributed by atoms with Crippen LogP contribution in [0.1, 0.15) is 11.5 Å². The van der Waals surface area contributed by atoms with Crippen LogP contribution in [0.3, 0.4) is 0 Å². The molecule has 0 saturated heterocycles. The molecule has 0 aliphatic carbocycles. The maximum Gasteiger partial charge on any atom is 0.233 e. The molecule has 1 heterocycles. The maximum absolute atomic E-state index is 12.8. The van der Waals surface area contributed by atoms with Crippen molar-refractivity contribution < 1.29 is 4.79 Å². The number of nitrogens with one attached hydrogen (secondary N) is 1. The van der Waals surface area contributed by atoms with Gasteiger partial charge >= 0.3 is 0 Å². The van der Waals surface area contributed by atoms with Gasteiger partial charge in [0.25, 0.3) is 0 Å². The zero-order valence-corrected chi connectivity index (χ0v) is 13.9. The average molecular weight is 319 g/mol. The minimum absolute atomic E-state index is 0.00306. The molecule has 1 atom stereocenters. The first kappa shape index (κ1) is 16.1. The number of fused-ring (bicyclic) bond motifs is 1. The average Bonchev–Trinajstić information content (AvgIpc) is 2.60. The quantitative estimate of drug-likeness (QED) is 0.782. The molecule has 4 heteroatoms. The van der Waals surface area contributed by atoms with Crippen molar-refractivity contribution in [2.45, 2.75) is 5.92 Å². The first-order valence-corrected chi connectivity index (χ1v) is 7.98. The van der Waals surface area contributed by atoms with Gasteiger partial charge in [-0.2, -0.15) is 0 Å². The van der Waals surface area contributed by atoms with E-state index < -0.39 is 0 Å². The SMILES string of the molecule is CN(C)CC(C(=O)Nc1ccc2cnccc2c1)c1ccccc1. The molecular formula is C20H21N3O. The highest BCUT2D eigenvalue weighted by Crippen LogP contribution is 2.22. The Morgan fingerprint density at radius 3 is 2.62 bits per heavy atom. The summed E-state index contributed by atoms with van der Waals surface area (Å²) >= 11 is 0. The van der Waals surface area contributed by atoms with E-state index in [4.69, 9.17) is 0 Å². The second kappa shape index (κ2) is 7.23. The molecule has 3 aromatic rings. The van der Waals surface area contributed by atoms with Crippen molar-refractivity contribution in [2.24, 2.45) is 0 Å². The third kappa shape index (κ3) is 3.78. The van der Waals surface area contributed by atoms with Crippen LogP contribution in [0.4, 0.5) is 5.69 Å². The lowest BCUT2D eigenvalue weighted by molar-refractivity contribution is -0.117. The Kier molecular flexibility index (Phi) is 4.87. The predicted molar refractivity (Wildman–Crippen MR) is 98.1 cm³/mol. The van der Waals surface area contributed by atoms with Gasteiger partial charge in [-0.25, -0.2) is 0 Å². The first-order chi connectivity index (χ1) is 11.6. The van der Waals surface area contributed by atoms with Gasteiger partial charge in [0, 0.05) is 30.0 Å². The summed E-state index contributed by atoms with van der Waals surface area (Å²) in [4.78, 5) is 19.0. The summed E-state index contributed by atoms with van der Waals surface area (Å²) in [6.07, 6.45) is 3.58. The molecule has 2 aromatic carbocycles. The zero-order chi connectivity index (χ0) is 16.9. The number of hydrogen-bond acceptors (Lipinski definition) is 3. The molecule has 4 nitrogen and oxygen atoms in total. The Bertz CT molecular complexity index is 830. The van der Waals surface area contributed by atoms with Gasteiger partial charge in [-0.1, -0.05) is 36.4 Å². The number of hydrogen-bond donors (Lipinski definition) is 1. The molecule has 0 radical (unpaired) electrons. The van der Waals surface area contributed by atoms with Gasteiger partial charge in [0.05, 0.1) is 5.92 Å². The van der Waals surface area contributed by atoms with Gasteiger partial charge in [0.2, 0.25) is 5.91 Å². The number of carbonyl (C=O) groups is 1. The number of pyridine rings is 1. The Morgan fingerprint density at radius 2 is 1.88 bits per heavy atom. The molecular weight excluding hydrogens is 298 g/mol. The van der Waals surface area contributed by atoms with E-state index >= 15 is 0 Å². The number of amides is 1. The summed E-state index contributed by atoms with van der Waals surface area (Å²) in [6, 6.07) is 17.7. The summed E-state index contributed by atoms with van der Waals surface area (Å²) in [5.74, 6) is -0.211. The van der Waals surface area contributed by atoms with Crippen LogP contribution in [-0.4, -0.2) is 36.4 Å². The van der Waals surface area contributed by atoms with Gasteiger partial charge in [-0.05, 0) is 43.2 Å². The van der Waals surface area contributed by atoms with Crippen LogP contribution < -0.4 is 5.32 Å². The fraction of sp³-hybridized carbons (Fsp3) is 0.200. The van der Waals surface area contributed by atoms with Crippen molar-refractivity contribution in [3.8, 4) is 0 Å². The molecule has 0 fully saturated rings. The molecule has 1 aromatic heterocycles. The molecule has 1 N–H and O–H groups in total. The fourth-order valence-electron chi connectivity index (χ4n) is 2.78. The zero-order valence-electron chi connectivity index (χ0n) is 13.9. The van der Waals surface area contributed by atoms with Gasteiger partial charge in [-0.15, -0.1) is 0 Å². The van der Waals surface area contributed by atoms with Crippen molar-refractivity contribution in [1.82, 2.24) is 9.88 Å². The predicted octanol–water partition coefficient (Wildman–Crippen LogP) is 3.52. The lowest BCUT2D eigenvalue weighted by atomic mass is 9.97. The maximum atomic E-state index is 12.8. The van der Waals surface area contributed by atoms with Crippen LogP contribution in [0.15, 0.2) is 67.0 Å². The number of benzene rings is 2. The van der Waals surface area contributed by atoms with Gasteiger partial charge in [0.1, 0.15) is 0 Å². The summed E-state index contributed by atoms with van der Waals surface area (Å²) in [6.45, 7) is 0.660. The van der Waals surface area contributed by atoms with Crippen molar-refractivity contribution in [3.63, 3.8) is 0 Å². The molecule has 0 spiro atoms. The second-order valence-electron chi connectivity index (χ2n) is 6.15. The third-order valence-electron chi connectivity index (χ3n) is 3.97. The highest BCUT2D eigenvalue weighted by Gasteiger charge is 2.21. The smallest absolute Gasteiger partial charge is 0.233 e. The number of likely N-dealkylation sites (N-methyl/N-ethyl adjacent to an activating group) is 1. The summed E-state index contributed by atoms with van der Waals surface area (Å²) < 4.78 is 0. The lowest BCUT2D eigenvalue weighted by Gasteiger charge is -2.21. The van der Waals surface area contributed by atoms with Crippen molar-refractivity contribution in [3.05, 3.63) is 72.6 Å². The van der Waals surface area contributed by atoms with E-state index in [9.17, 15) is 4.79 Å². The monoisotopic (exact) mass is 319 g/mol. The largest absolute Gasteiger partial charge is 0.325 e. The van der Waals surface area contributed by atoms with Crippen LogP contribution >= 0.6 is 0 Å². The molecule has 122 valence electrons. The molecule has 0 saturated carbocycles. The summed E-state index contributed by atoms with van der Waals surface area (Å²) in [7, 11) is 3.96. The molecule has 3 rings (SSSR count). The summed E-state index contributed by atoms with van der Waals surface area (Å²) in [5, 5.41) is 5.17. The number of carbonyl (C=O) groups excluding carboxylic acids is 1. The van der Waals surface area contributed by atoms with E-state index in [0.717, 1.165) is 22.0 Å². The fourth-order valence-corrected chi connectivity index (χ4v) is 2.78. The lowest BCUT2D eigenvalue weighted by Crippen LogP contribution is -2.30. The van der Waals surface area contributed by atoms with E-state index in [1.54, 1.807) is 6.20 Å². The Labute approximate surface area is 142 Å². The minimum Gasteiger partial charge on any atom is -0.325 e. The Balaban J connectivity index is 1.84. The second-order valence-corrected chi connectivity index (χ2v) is 6.15. The van der Waals surface area contributed by atoms with E-state index in [2.05, 4.69) is 10.3 Å². The van der Waals surface area contributed by atoms with Crippen LogP contribution in [0.25, 0.3) is 10.8 Å². The van der Waals surface area contributed by atoms with Crippen molar-refractivity contribution in [2.75, 3.05) is 26.0 Å². The number of anilines is 1. The normalized spacial score (nSPS) is 12.3. The topological polar surface area (TPSA) is 45.2 Å². The Morgan fingerprint density at radius 1 is 1.08 bits per heavy atom. The number of rotatable bonds is 5. The Hall–Kier alpha value is -2.72. The molecule has 1 unspecified atom stereocenters. The van der Waals surface area contributed by atoms with Crippen molar-refractivity contribution in [1.29, 1.82) is 0 Å². The molecule has 0 aliphatic rings. The number of aromatic nitrogens is 1. The van der Waals surface area contributed by atoms with Gasteiger partial charge in [-0.3, -0.25) is 9.78 Å². The number of nitrogens with zero attached hydrogens (tertiary/aromatic N) is 2. The van der Waals surface area contributed by atoms with Crippen molar-refractivity contribution >= 4 is 22.4 Å². The van der Waals surface area contributed by atoms with E-state index in [-0.39, 0.29) is 11.8 Å². The highest BCUT2D eigenvalue weighted by atomic mass is 16.1. The highest BCUT2D eigenvalue weighted by molar-refractivity contribution is 5.98. The molecule has 0 aliphatic heterocycles. The molecule has 1 amide bonds. The third-order valence-corrected chi connectivity index (χ3v) is 3.97. The molecule has 0 bridgehead atoms. The standard InChI is InChI=1S/C20H21N3O/c1-23(2)14-19(15-6-4-3-5-7-15)20(24)22-18-9-8-17-13-21-11-10-16(17)12-18/h3-13,19H,14H2,1-2H3,(H,22,24). The van der Waals surface area contributed by atoms with Crippen LogP contribution in [0.2, 0.25) is 0 Å². The molecule has 24 heavy (non-hydrogen) atoms.